The van der Waals surface area contributed by atoms with Crippen LogP contribution >= 0.6 is 7.37 Å². The second-order valence-corrected chi connectivity index (χ2v) is 7.65. The molecule has 2 N–H and O–H groups in total. The summed E-state index contributed by atoms with van der Waals surface area (Å²) in [5, 5.41) is 8.62. The van der Waals surface area contributed by atoms with Gasteiger partial charge in [-0.1, -0.05) is 26.2 Å². The molecule has 0 aromatic rings. The van der Waals surface area contributed by atoms with Gasteiger partial charge in [0.2, 0.25) is 7.37 Å². The predicted molar refractivity (Wildman–Crippen MR) is 63.0 cm³/mol. The Morgan fingerprint density at radius 2 is 1.94 bits per heavy atom. The summed E-state index contributed by atoms with van der Waals surface area (Å²) < 4.78 is 12.0. The number of carbonyl (C=O) groups is 1. The molecule has 1 fully saturated rings. The molecule has 1 saturated carbocycles. The Morgan fingerprint density at radius 1 is 1.38 bits per heavy atom. The lowest BCUT2D eigenvalue weighted by atomic mass is 9.91. The Labute approximate surface area is 96.5 Å². The van der Waals surface area contributed by atoms with Gasteiger partial charge in [0.1, 0.15) is 0 Å². The van der Waals surface area contributed by atoms with Crippen molar-refractivity contribution in [2.45, 2.75) is 51.1 Å². The first kappa shape index (κ1) is 13.7. The molecule has 5 heteroatoms. The van der Waals surface area contributed by atoms with Crippen LogP contribution in [0.2, 0.25) is 0 Å². The number of hydrogen-bond acceptors (Lipinski definition) is 2. The van der Waals surface area contributed by atoms with Crippen LogP contribution in [0.4, 0.5) is 0 Å². The lowest BCUT2D eigenvalue weighted by molar-refractivity contribution is -0.137. The summed E-state index contributed by atoms with van der Waals surface area (Å²) in [5.74, 6) is -0.675. The summed E-state index contributed by atoms with van der Waals surface area (Å²) >= 11 is 0. The zero-order chi connectivity index (χ0) is 12.2. The third-order valence-electron chi connectivity index (χ3n) is 3.40. The van der Waals surface area contributed by atoms with Crippen molar-refractivity contribution in [1.29, 1.82) is 0 Å². The molecule has 2 unspecified atom stereocenters. The SMILES string of the molecule is CC(CC(=O)O)P(=O)(O)CC1CCCCC1. The zero-order valence-electron chi connectivity index (χ0n) is 9.76. The standard InChI is InChI=1S/C11H21O4P/c1-9(7-11(12)13)16(14,15)8-10-5-3-2-4-6-10/h9-10H,2-8H2,1H3,(H,12,13)(H,14,15). The molecule has 1 rings (SSSR count). The summed E-state index contributed by atoms with van der Waals surface area (Å²) in [6.07, 6.45) is 5.63. The van der Waals surface area contributed by atoms with Gasteiger partial charge in [-0.15, -0.1) is 0 Å². The summed E-state index contributed by atoms with van der Waals surface area (Å²) in [5.41, 5.74) is -0.619. The van der Waals surface area contributed by atoms with Crippen LogP contribution in [0.5, 0.6) is 0 Å². The number of hydrogen-bond donors (Lipinski definition) is 2. The first-order valence-electron chi connectivity index (χ1n) is 5.95. The Balaban J connectivity index is 2.48. The molecule has 0 amide bonds. The molecule has 0 spiro atoms. The monoisotopic (exact) mass is 248 g/mol. The van der Waals surface area contributed by atoms with E-state index in [0.717, 1.165) is 25.7 Å². The van der Waals surface area contributed by atoms with Gasteiger partial charge in [0, 0.05) is 11.8 Å². The van der Waals surface area contributed by atoms with Gasteiger partial charge in [-0.2, -0.15) is 0 Å². The van der Waals surface area contributed by atoms with Crippen molar-refractivity contribution in [3.63, 3.8) is 0 Å². The fourth-order valence-corrected chi connectivity index (χ4v) is 4.22. The van der Waals surface area contributed by atoms with Crippen LogP contribution in [-0.4, -0.2) is 27.8 Å². The molecule has 16 heavy (non-hydrogen) atoms. The van der Waals surface area contributed by atoms with Crippen LogP contribution in [0.1, 0.15) is 45.4 Å². The van der Waals surface area contributed by atoms with Gasteiger partial charge < -0.3 is 10.00 Å². The van der Waals surface area contributed by atoms with Gasteiger partial charge in [-0.25, -0.2) is 0 Å². The van der Waals surface area contributed by atoms with Gasteiger partial charge in [0.05, 0.1) is 6.42 Å². The predicted octanol–water partition coefficient (Wildman–Crippen LogP) is 2.70. The fourth-order valence-electron chi connectivity index (χ4n) is 2.31. The van der Waals surface area contributed by atoms with Crippen molar-refractivity contribution >= 4 is 13.3 Å². The van der Waals surface area contributed by atoms with E-state index in [4.69, 9.17) is 5.11 Å². The van der Waals surface area contributed by atoms with Gasteiger partial charge >= 0.3 is 5.97 Å². The van der Waals surface area contributed by atoms with Crippen LogP contribution < -0.4 is 0 Å². The molecule has 2 atom stereocenters. The molecular formula is C11H21O4P. The second kappa shape index (κ2) is 5.83. The number of rotatable bonds is 5. The van der Waals surface area contributed by atoms with E-state index in [1.54, 1.807) is 6.92 Å². The summed E-state index contributed by atoms with van der Waals surface area (Å²) in [6, 6.07) is 0. The third kappa shape index (κ3) is 4.26. The maximum Gasteiger partial charge on any atom is 0.304 e. The third-order valence-corrected chi connectivity index (χ3v) is 6.00. The van der Waals surface area contributed by atoms with Crippen molar-refractivity contribution in [2.75, 3.05) is 6.16 Å². The fraction of sp³-hybridized carbons (Fsp3) is 0.909. The molecule has 94 valence electrons. The highest BCUT2D eigenvalue weighted by molar-refractivity contribution is 7.58. The van der Waals surface area contributed by atoms with E-state index in [0.29, 0.717) is 12.1 Å². The van der Waals surface area contributed by atoms with E-state index in [2.05, 4.69) is 0 Å². The molecule has 0 radical (unpaired) electrons. The van der Waals surface area contributed by atoms with Crippen LogP contribution in [0.3, 0.4) is 0 Å². The Bertz CT molecular complexity index is 284. The Kier molecular flexibility index (Phi) is 5.00. The van der Waals surface area contributed by atoms with Crippen molar-refractivity contribution in [1.82, 2.24) is 0 Å². The van der Waals surface area contributed by atoms with Gasteiger partial charge in [0.25, 0.3) is 0 Å². The van der Waals surface area contributed by atoms with Crippen molar-refractivity contribution in [3.05, 3.63) is 0 Å². The van der Waals surface area contributed by atoms with E-state index in [9.17, 15) is 14.3 Å². The van der Waals surface area contributed by atoms with Crippen LogP contribution in [0, 0.1) is 5.92 Å². The second-order valence-electron chi connectivity index (χ2n) is 4.89. The molecular weight excluding hydrogens is 227 g/mol. The highest BCUT2D eigenvalue weighted by atomic mass is 31.2. The van der Waals surface area contributed by atoms with E-state index in [1.165, 1.54) is 6.42 Å². The first-order valence-corrected chi connectivity index (χ1v) is 7.86. The minimum atomic E-state index is -3.29. The van der Waals surface area contributed by atoms with Gasteiger partial charge in [-0.05, 0) is 18.8 Å². The van der Waals surface area contributed by atoms with Crippen LogP contribution in [0.15, 0.2) is 0 Å². The summed E-state index contributed by atoms with van der Waals surface area (Å²) in [7, 11) is -3.29. The molecule has 1 aliphatic rings. The molecule has 0 aliphatic heterocycles. The van der Waals surface area contributed by atoms with Crippen LogP contribution in [0.25, 0.3) is 0 Å². The Morgan fingerprint density at radius 3 is 2.44 bits per heavy atom. The highest BCUT2D eigenvalue weighted by Gasteiger charge is 2.32. The highest BCUT2D eigenvalue weighted by Crippen LogP contribution is 2.50. The zero-order valence-corrected chi connectivity index (χ0v) is 10.7. The number of carboxylic acids is 1. The van der Waals surface area contributed by atoms with Crippen LogP contribution in [-0.2, 0) is 9.36 Å². The van der Waals surface area contributed by atoms with E-state index in [1.807, 2.05) is 0 Å². The molecule has 0 aromatic carbocycles. The smallest absolute Gasteiger partial charge is 0.304 e. The minimum Gasteiger partial charge on any atom is -0.481 e. The largest absolute Gasteiger partial charge is 0.481 e. The van der Waals surface area contributed by atoms with E-state index in [-0.39, 0.29) is 6.42 Å². The lowest BCUT2D eigenvalue weighted by Crippen LogP contribution is -2.18. The molecule has 0 bridgehead atoms. The average Bonchev–Trinajstić information content (AvgIpc) is 2.17. The molecule has 0 heterocycles. The maximum atomic E-state index is 12.0. The molecule has 1 aliphatic carbocycles. The van der Waals surface area contributed by atoms with Gasteiger partial charge in [0.15, 0.2) is 0 Å². The molecule has 4 nitrogen and oxygen atoms in total. The van der Waals surface area contributed by atoms with Crippen molar-refractivity contribution in [2.24, 2.45) is 5.92 Å². The minimum absolute atomic E-state index is 0.208. The van der Waals surface area contributed by atoms with Crippen molar-refractivity contribution < 1.29 is 19.4 Å². The topological polar surface area (TPSA) is 74.6 Å². The quantitative estimate of drug-likeness (QED) is 0.733. The Hall–Kier alpha value is -0.340. The molecule has 0 saturated heterocycles. The van der Waals surface area contributed by atoms with E-state index >= 15 is 0 Å². The summed E-state index contributed by atoms with van der Waals surface area (Å²) in [4.78, 5) is 20.4. The van der Waals surface area contributed by atoms with Crippen molar-refractivity contribution in [3.8, 4) is 0 Å². The first-order chi connectivity index (χ1) is 7.42. The normalized spacial score (nSPS) is 23.6. The number of aliphatic carboxylic acids is 1. The maximum absolute atomic E-state index is 12.0. The summed E-state index contributed by atoms with van der Waals surface area (Å²) in [6.45, 7) is 1.57. The molecule has 0 aromatic heterocycles. The van der Waals surface area contributed by atoms with E-state index < -0.39 is 19.0 Å². The average molecular weight is 248 g/mol. The lowest BCUT2D eigenvalue weighted by Gasteiger charge is -2.26. The van der Waals surface area contributed by atoms with Gasteiger partial charge in [-0.3, -0.25) is 9.36 Å². The number of carboxylic acid groups (broad SMARTS) is 1.